The Morgan fingerprint density at radius 2 is 0.710 bits per heavy atom. The Kier molecular flexibility index (Phi) is 18.1. The molecule has 0 heterocycles. The van der Waals surface area contributed by atoms with Gasteiger partial charge in [-0.3, -0.25) is 0 Å². The van der Waals surface area contributed by atoms with Crippen LogP contribution in [0.5, 0.6) is 0 Å². The van der Waals surface area contributed by atoms with E-state index >= 15 is 0 Å². The summed E-state index contributed by atoms with van der Waals surface area (Å²) in [6.45, 7) is 4.31. The first-order valence-electron chi connectivity index (χ1n) is 22.8. The maximum atomic E-state index is 4.93. The summed E-state index contributed by atoms with van der Waals surface area (Å²) in [6, 6.07) is 62.4. The van der Waals surface area contributed by atoms with Crippen LogP contribution in [0.4, 0.5) is 0 Å². The van der Waals surface area contributed by atoms with Gasteiger partial charge >= 0.3 is 37.9 Å². The molecule has 2 aliphatic rings. The third-order valence-electron chi connectivity index (χ3n) is 12.7. The molecule has 8 aromatic rings. The molecule has 0 unspecified atom stereocenters. The van der Waals surface area contributed by atoms with Crippen LogP contribution in [-0.4, -0.2) is 9.52 Å². The third-order valence-corrected chi connectivity index (χ3v) is 12.7. The Labute approximate surface area is 393 Å². The number of hydrogen-bond acceptors (Lipinski definition) is 0. The largest absolute Gasteiger partial charge is 0.164 e. The van der Waals surface area contributed by atoms with Crippen LogP contribution in [0.2, 0.25) is 13.1 Å². The van der Waals surface area contributed by atoms with Crippen molar-refractivity contribution in [3.8, 4) is 44.5 Å². The van der Waals surface area contributed by atoms with E-state index in [1.165, 1.54) is 154 Å². The number of fused-ring (bicyclic) bond motifs is 2. The Hall–Kier alpha value is -3.78. The molecular formula is C58H60Cl2SiZr. The normalized spacial score (nSPS) is 14.1. The fourth-order valence-electron chi connectivity index (χ4n) is 9.88. The van der Waals surface area contributed by atoms with Crippen molar-refractivity contribution in [2.24, 2.45) is 11.8 Å². The predicted molar refractivity (Wildman–Crippen MR) is 271 cm³/mol. The van der Waals surface area contributed by atoms with Gasteiger partial charge in [-0.2, -0.15) is 12.1 Å². The molecule has 0 saturated heterocycles. The van der Waals surface area contributed by atoms with Crippen molar-refractivity contribution in [1.82, 2.24) is 0 Å². The summed E-state index contributed by atoms with van der Waals surface area (Å²) in [5, 5.41) is 5.61. The number of halogens is 2. The van der Waals surface area contributed by atoms with E-state index in [0.29, 0.717) is 0 Å². The van der Waals surface area contributed by atoms with Crippen molar-refractivity contribution >= 4 is 48.1 Å². The second-order valence-corrected chi connectivity index (χ2v) is 21.9. The summed E-state index contributed by atoms with van der Waals surface area (Å²) in [6.07, 6.45) is 16.6. The van der Waals surface area contributed by atoms with Gasteiger partial charge in [-0.25, -0.2) is 0 Å². The van der Waals surface area contributed by atoms with E-state index in [9.17, 15) is 0 Å². The van der Waals surface area contributed by atoms with Crippen LogP contribution < -0.4 is 0 Å². The molecule has 10 rings (SSSR count). The number of rotatable bonds is 8. The standard InChI is InChI=1S/2C28H27.C2H6Si.2ClH.Zr/c2*1-4-10-21(11-5-1)18-22-19-27-25(23-12-6-2-7-13-23)16-17-26(28(27)20-22)24-14-8-3-9-15-24;1-3-2;;;/h2*2-3,6-9,12-17,19-21H,1,4-5,10-11,18H2;1-2H3;2*1H;/q2*-1;;;;+4/p-2. The summed E-state index contributed by atoms with van der Waals surface area (Å²) >= 11 is -0.826. The van der Waals surface area contributed by atoms with Gasteiger partial charge in [-0.1, -0.05) is 256 Å². The third kappa shape index (κ3) is 12.3. The SMILES string of the molecule is C[Si]C.[Cl][Zr+2][Cl].c1ccc(-c2ccc(-c3ccccc3)c3[cH-]c(CC4CCCCC4)cc23)cc1.c1ccc(-c2ccc(-c3ccccc3)c3[cH-]c(CC4CCCCC4)cc23)cc1. The first-order valence-corrected chi connectivity index (χ1v) is 31.1. The maximum absolute atomic E-state index is 4.93. The van der Waals surface area contributed by atoms with Crippen LogP contribution in [-0.2, 0) is 33.7 Å². The topological polar surface area (TPSA) is 0 Å². The molecule has 2 fully saturated rings. The van der Waals surface area contributed by atoms with Gasteiger partial charge in [-0.05, 0) is 35.8 Å². The molecule has 8 aromatic carbocycles. The van der Waals surface area contributed by atoms with Crippen LogP contribution in [0.15, 0.2) is 170 Å². The number of hydrogen-bond donors (Lipinski definition) is 0. The summed E-state index contributed by atoms with van der Waals surface area (Å²) in [7, 11) is 11.0. The zero-order chi connectivity index (χ0) is 42.9. The molecule has 0 aliphatic heterocycles. The molecule has 0 amide bonds. The molecule has 0 nitrogen and oxygen atoms in total. The van der Waals surface area contributed by atoms with E-state index in [0.717, 1.165) is 21.4 Å². The van der Waals surface area contributed by atoms with E-state index in [4.69, 9.17) is 17.0 Å². The molecule has 4 heteroatoms. The molecule has 0 atom stereocenters. The van der Waals surface area contributed by atoms with Crippen molar-refractivity contribution in [2.75, 3.05) is 0 Å². The van der Waals surface area contributed by atoms with Crippen molar-refractivity contribution in [3.05, 3.63) is 181 Å². The minimum absolute atomic E-state index is 0.826. The first-order chi connectivity index (χ1) is 30.6. The fraction of sp³-hybridized carbons (Fsp3) is 0.276. The fourth-order valence-corrected chi connectivity index (χ4v) is 9.88. The Balaban J connectivity index is 0.000000166. The molecule has 62 heavy (non-hydrogen) atoms. The molecule has 2 saturated carbocycles. The van der Waals surface area contributed by atoms with E-state index in [-0.39, 0.29) is 0 Å². The minimum atomic E-state index is -0.826. The van der Waals surface area contributed by atoms with Gasteiger partial charge in [0, 0.05) is 9.52 Å². The molecular weight excluding hydrogens is 887 g/mol. The second kappa shape index (κ2) is 24.3. The van der Waals surface area contributed by atoms with E-state index in [1.54, 1.807) is 0 Å². The molecule has 2 aliphatic carbocycles. The van der Waals surface area contributed by atoms with E-state index < -0.39 is 20.8 Å². The van der Waals surface area contributed by atoms with Crippen LogP contribution in [0.3, 0.4) is 0 Å². The van der Waals surface area contributed by atoms with Crippen LogP contribution in [0.1, 0.15) is 75.3 Å². The van der Waals surface area contributed by atoms with Gasteiger partial charge < -0.3 is 0 Å². The van der Waals surface area contributed by atoms with Crippen LogP contribution in [0, 0.1) is 11.8 Å². The summed E-state index contributed by atoms with van der Waals surface area (Å²) < 4.78 is 0. The predicted octanol–water partition coefficient (Wildman–Crippen LogP) is 18.2. The Morgan fingerprint density at radius 1 is 0.435 bits per heavy atom. The number of benzene rings is 6. The van der Waals surface area contributed by atoms with Crippen molar-refractivity contribution < 1.29 is 20.8 Å². The monoisotopic (exact) mass is 944 g/mol. The van der Waals surface area contributed by atoms with E-state index in [2.05, 4.69) is 183 Å². The van der Waals surface area contributed by atoms with Crippen molar-refractivity contribution in [2.45, 2.75) is 90.1 Å². The smallest absolute Gasteiger partial charge is 0.0279 e. The summed E-state index contributed by atoms with van der Waals surface area (Å²) in [5.74, 6) is 1.73. The minimum Gasteiger partial charge on any atom is -0.164 e. The molecule has 314 valence electrons. The van der Waals surface area contributed by atoms with Gasteiger partial charge in [0.1, 0.15) is 0 Å². The van der Waals surface area contributed by atoms with Gasteiger partial charge in [0.05, 0.1) is 0 Å². The van der Waals surface area contributed by atoms with Crippen molar-refractivity contribution in [1.29, 1.82) is 0 Å². The van der Waals surface area contributed by atoms with Crippen molar-refractivity contribution in [3.63, 3.8) is 0 Å². The zero-order valence-corrected chi connectivity index (χ0v) is 41.5. The molecule has 2 radical (unpaired) electrons. The summed E-state index contributed by atoms with van der Waals surface area (Å²) in [5.41, 5.74) is 13.7. The Morgan fingerprint density at radius 3 is 1.02 bits per heavy atom. The van der Waals surface area contributed by atoms with Crippen LogP contribution >= 0.6 is 17.0 Å². The van der Waals surface area contributed by atoms with E-state index in [1.807, 2.05) is 0 Å². The maximum Gasteiger partial charge on any atom is -0.0279 e. The zero-order valence-electron chi connectivity index (χ0n) is 36.6. The average molecular weight is 947 g/mol. The average Bonchev–Trinajstić information content (AvgIpc) is 3.95. The molecule has 0 bridgehead atoms. The first kappa shape index (κ1) is 46.2. The van der Waals surface area contributed by atoms with Gasteiger partial charge in [0.15, 0.2) is 0 Å². The van der Waals surface area contributed by atoms with Gasteiger partial charge in [0.25, 0.3) is 0 Å². The van der Waals surface area contributed by atoms with Gasteiger partial charge in [-0.15, -0.1) is 44.8 Å². The van der Waals surface area contributed by atoms with Gasteiger partial charge in [0.2, 0.25) is 0 Å². The molecule has 0 spiro atoms. The molecule has 0 N–H and O–H groups in total. The summed E-state index contributed by atoms with van der Waals surface area (Å²) in [4.78, 5) is 0. The second-order valence-electron chi connectivity index (χ2n) is 17.2. The molecule has 0 aromatic heterocycles. The van der Waals surface area contributed by atoms with Crippen LogP contribution in [0.25, 0.3) is 66.1 Å². The Bertz CT molecular complexity index is 2180. The quantitative estimate of drug-likeness (QED) is 0.105.